The van der Waals surface area contributed by atoms with Crippen LogP contribution in [0.15, 0.2) is 6.07 Å². The topological polar surface area (TPSA) is 50.8 Å². The monoisotopic (exact) mass is 318 g/mol. The maximum Gasteiger partial charge on any atom is 0.255 e. The molecule has 0 unspecified atom stereocenters. The third-order valence-corrected chi connectivity index (χ3v) is 4.95. The fourth-order valence-corrected chi connectivity index (χ4v) is 3.23. The van der Waals surface area contributed by atoms with E-state index in [2.05, 4.69) is 17.3 Å². The number of benzene rings is 1. The van der Waals surface area contributed by atoms with Crippen molar-refractivity contribution in [1.29, 1.82) is 0 Å². The summed E-state index contributed by atoms with van der Waals surface area (Å²) in [5, 5.41) is 3.09. The Kier molecular flexibility index (Phi) is 4.76. The number of nitrogens with one attached hydrogen (secondary N) is 1. The van der Waals surface area contributed by atoms with Crippen LogP contribution in [0.25, 0.3) is 0 Å². The van der Waals surface area contributed by atoms with E-state index in [0.717, 1.165) is 49.4 Å². The molecule has 1 aromatic rings. The highest BCUT2D eigenvalue weighted by Gasteiger charge is 2.25. The summed E-state index contributed by atoms with van der Waals surface area (Å²) < 4.78 is 11.4. The van der Waals surface area contributed by atoms with Crippen LogP contribution in [-0.2, 0) is 0 Å². The van der Waals surface area contributed by atoms with Crippen molar-refractivity contribution >= 4 is 5.91 Å². The molecule has 1 aromatic carbocycles. The first-order chi connectivity index (χ1) is 11.1. The fraction of sp³-hybridized carbons (Fsp3) is 0.611. The van der Waals surface area contributed by atoms with Gasteiger partial charge in [-0.1, -0.05) is 0 Å². The molecule has 1 fully saturated rings. The van der Waals surface area contributed by atoms with Gasteiger partial charge in [0.1, 0.15) is 13.2 Å². The lowest BCUT2D eigenvalue weighted by atomic mass is 9.97. The van der Waals surface area contributed by atoms with Gasteiger partial charge in [0.2, 0.25) is 0 Å². The third kappa shape index (κ3) is 3.44. The number of piperidine rings is 1. The Hall–Kier alpha value is -1.75. The zero-order chi connectivity index (χ0) is 16.4. The van der Waals surface area contributed by atoms with Crippen LogP contribution in [0.1, 0.15) is 34.3 Å². The number of nitrogens with zero attached hydrogens (tertiary/aromatic N) is 1. The van der Waals surface area contributed by atoms with Crippen LogP contribution in [0.3, 0.4) is 0 Å². The summed E-state index contributed by atoms with van der Waals surface area (Å²) in [7, 11) is 2.15. The number of carbonyl (C=O) groups is 1. The third-order valence-electron chi connectivity index (χ3n) is 4.95. The van der Waals surface area contributed by atoms with Gasteiger partial charge in [0, 0.05) is 6.54 Å². The van der Waals surface area contributed by atoms with E-state index in [0.29, 0.717) is 30.4 Å². The zero-order valence-corrected chi connectivity index (χ0v) is 14.3. The Morgan fingerprint density at radius 3 is 2.57 bits per heavy atom. The Balaban J connectivity index is 1.71. The number of rotatable bonds is 3. The summed E-state index contributed by atoms with van der Waals surface area (Å²) in [5.74, 6) is 1.82. The number of ether oxygens (including phenoxy) is 2. The second-order valence-electron chi connectivity index (χ2n) is 6.68. The average molecular weight is 318 g/mol. The normalized spacial score (nSPS) is 18.7. The molecule has 5 nitrogen and oxygen atoms in total. The van der Waals surface area contributed by atoms with E-state index in [9.17, 15) is 4.79 Å². The Labute approximate surface area is 137 Å². The van der Waals surface area contributed by atoms with Crippen molar-refractivity contribution in [3.63, 3.8) is 0 Å². The molecule has 2 aliphatic heterocycles. The number of amides is 1. The fourth-order valence-electron chi connectivity index (χ4n) is 3.23. The molecule has 0 aromatic heterocycles. The molecule has 0 radical (unpaired) electrons. The number of hydrogen-bond donors (Lipinski definition) is 1. The van der Waals surface area contributed by atoms with Crippen LogP contribution in [-0.4, -0.2) is 50.7 Å². The molecule has 0 aliphatic carbocycles. The minimum Gasteiger partial charge on any atom is -0.486 e. The first-order valence-electron chi connectivity index (χ1n) is 8.43. The van der Waals surface area contributed by atoms with E-state index in [-0.39, 0.29) is 5.91 Å². The van der Waals surface area contributed by atoms with Crippen LogP contribution in [0.5, 0.6) is 11.5 Å². The van der Waals surface area contributed by atoms with Gasteiger partial charge in [-0.05, 0) is 69.9 Å². The van der Waals surface area contributed by atoms with Gasteiger partial charge in [0.25, 0.3) is 5.91 Å². The van der Waals surface area contributed by atoms with Crippen molar-refractivity contribution in [3.8, 4) is 11.5 Å². The van der Waals surface area contributed by atoms with Gasteiger partial charge >= 0.3 is 0 Å². The smallest absolute Gasteiger partial charge is 0.255 e. The largest absolute Gasteiger partial charge is 0.486 e. The quantitative estimate of drug-likeness (QED) is 0.928. The maximum atomic E-state index is 12.6. The number of carbonyl (C=O) groups excluding carboxylic acids is 1. The molecular weight excluding hydrogens is 292 g/mol. The Morgan fingerprint density at radius 1 is 1.22 bits per heavy atom. The summed E-state index contributed by atoms with van der Waals surface area (Å²) in [6.07, 6.45) is 2.28. The summed E-state index contributed by atoms with van der Waals surface area (Å²) in [5.41, 5.74) is 2.70. The molecule has 0 saturated carbocycles. The molecule has 1 N–H and O–H groups in total. The SMILES string of the molecule is Cc1cc(C(=O)NCC2CCN(C)CC2)c2c(c1C)OCCO2. The summed E-state index contributed by atoms with van der Waals surface area (Å²) >= 11 is 0. The molecule has 0 atom stereocenters. The van der Waals surface area contributed by atoms with Crippen LogP contribution in [0.2, 0.25) is 0 Å². The molecule has 0 spiro atoms. The first-order valence-corrected chi connectivity index (χ1v) is 8.43. The van der Waals surface area contributed by atoms with Crippen molar-refractivity contribution in [3.05, 3.63) is 22.8 Å². The van der Waals surface area contributed by atoms with Crippen molar-refractivity contribution in [2.45, 2.75) is 26.7 Å². The van der Waals surface area contributed by atoms with Gasteiger partial charge in [-0.2, -0.15) is 0 Å². The van der Waals surface area contributed by atoms with Crippen LogP contribution in [0, 0.1) is 19.8 Å². The molecule has 23 heavy (non-hydrogen) atoms. The lowest BCUT2D eigenvalue weighted by Crippen LogP contribution is -2.37. The minimum absolute atomic E-state index is 0.0613. The highest BCUT2D eigenvalue weighted by Crippen LogP contribution is 2.38. The van der Waals surface area contributed by atoms with E-state index in [4.69, 9.17) is 9.47 Å². The highest BCUT2D eigenvalue weighted by atomic mass is 16.6. The molecule has 5 heteroatoms. The predicted octanol–water partition coefficient (Wildman–Crippen LogP) is 2.15. The van der Waals surface area contributed by atoms with E-state index in [1.807, 2.05) is 19.9 Å². The zero-order valence-electron chi connectivity index (χ0n) is 14.3. The standard InChI is InChI=1S/C18H26N2O3/c1-12-10-15(17-16(13(12)2)22-8-9-23-17)18(21)19-11-14-4-6-20(3)7-5-14/h10,14H,4-9,11H2,1-3H3,(H,19,21). The molecular formula is C18H26N2O3. The van der Waals surface area contributed by atoms with Crippen LogP contribution >= 0.6 is 0 Å². The molecule has 0 bridgehead atoms. The van der Waals surface area contributed by atoms with E-state index >= 15 is 0 Å². The van der Waals surface area contributed by atoms with Crippen LogP contribution < -0.4 is 14.8 Å². The van der Waals surface area contributed by atoms with Crippen molar-refractivity contribution in [1.82, 2.24) is 10.2 Å². The highest BCUT2D eigenvalue weighted by molar-refractivity contribution is 5.98. The Bertz CT molecular complexity index is 592. The second kappa shape index (κ2) is 6.79. The summed E-state index contributed by atoms with van der Waals surface area (Å²) in [4.78, 5) is 15.0. The number of aryl methyl sites for hydroxylation is 1. The number of likely N-dealkylation sites (tertiary alicyclic amines) is 1. The second-order valence-corrected chi connectivity index (χ2v) is 6.68. The van der Waals surface area contributed by atoms with Crippen LogP contribution in [0.4, 0.5) is 0 Å². The molecule has 2 aliphatic rings. The molecule has 1 saturated heterocycles. The first kappa shape index (κ1) is 16.1. The van der Waals surface area contributed by atoms with E-state index in [1.54, 1.807) is 0 Å². The van der Waals surface area contributed by atoms with Crippen molar-refractivity contribution < 1.29 is 14.3 Å². The van der Waals surface area contributed by atoms with Gasteiger partial charge in [-0.25, -0.2) is 0 Å². The average Bonchev–Trinajstić information content (AvgIpc) is 2.57. The predicted molar refractivity (Wildman–Crippen MR) is 89.5 cm³/mol. The summed E-state index contributed by atoms with van der Waals surface area (Å²) in [6, 6.07) is 1.91. The lowest BCUT2D eigenvalue weighted by Gasteiger charge is -2.29. The van der Waals surface area contributed by atoms with Crippen molar-refractivity contribution in [2.24, 2.45) is 5.92 Å². The number of fused-ring (bicyclic) bond motifs is 1. The van der Waals surface area contributed by atoms with Gasteiger partial charge < -0.3 is 19.7 Å². The molecule has 126 valence electrons. The number of hydrogen-bond acceptors (Lipinski definition) is 4. The summed E-state index contributed by atoms with van der Waals surface area (Å²) in [6.45, 7) is 7.98. The van der Waals surface area contributed by atoms with E-state index < -0.39 is 0 Å². The van der Waals surface area contributed by atoms with Gasteiger partial charge in [-0.15, -0.1) is 0 Å². The van der Waals surface area contributed by atoms with Gasteiger partial charge in [0.15, 0.2) is 11.5 Å². The minimum atomic E-state index is -0.0613. The molecule has 3 rings (SSSR count). The Morgan fingerprint density at radius 2 is 1.87 bits per heavy atom. The molecule has 2 heterocycles. The van der Waals surface area contributed by atoms with E-state index in [1.165, 1.54) is 0 Å². The van der Waals surface area contributed by atoms with Gasteiger partial charge in [0.05, 0.1) is 5.56 Å². The molecule has 1 amide bonds. The lowest BCUT2D eigenvalue weighted by molar-refractivity contribution is 0.0927. The maximum absolute atomic E-state index is 12.6. The van der Waals surface area contributed by atoms with Gasteiger partial charge in [-0.3, -0.25) is 4.79 Å². The van der Waals surface area contributed by atoms with Crippen molar-refractivity contribution in [2.75, 3.05) is 39.9 Å².